The van der Waals surface area contributed by atoms with Crippen molar-refractivity contribution in [3.63, 3.8) is 0 Å². The molecular formula is C25H33F6N3O6. The number of hydrogen-bond donors (Lipinski definition) is 2. The summed E-state index contributed by atoms with van der Waals surface area (Å²) in [5.74, 6) is -5.23. The molecule has 3 saturated heterocycles. The van der Waals surface area contributed by atoms with Crippen LogP contribution in [0, 0.1) is 5.41 Å². The Balaban J connectivity index is 0.000000333. The van der Waals surface area contributed by atoms with Gasteiger partial charge in [-0.25, -0.2) is 9.59 Å². The Morgan fingerprint density at radius 1 is 0.975 bits per heavy atom. The zero-order chi connectivity index (χ0) is 30.0. The molecule has 0 bridgehead atoms. The first-order valence-corrected chi connectivity index (χ1v) is 12.7. The van der Waals surface area contributed by atoms with E-state index in [1.165, 1.54) is 32.4 Å². The molecule has 4 heterocycles. The summed E-state index contributed by atoms with van der Waals surface area (Å²) in [4.78, 5) is 39.1. The zero-order valence-corrected chi connectivity index (χ0v) is 21.7. The molecule has 40 heavy (non-hydrogen) atoms. The van der Waals surface area contributed by atoms with Gasteiger partial charge >= 0.3 is 24.3 Å². The molecule has 0 radical (unpaired) electrons. The standard InChI is InChI=1S/C21H31N3O2.2C2HF3O2/c25-20(6-5-18-4-3-9-22-15-18)24-12-7-21(8-13-24)14-19(26-17-21)16-23-10-1-2-11-23;2*3-2(4,5)1(6)7/h3-4,9,15,19H,1-2,5-8,10-14,16-17H2;2*(H,6,7). The fourth-order valence-electron chi connectivity index (χ4n) is 4.80. The van der Waals surface area contributed by atoms with Crippen LogP contribution < -0.4 is 0 Å². The molecule has 1 atom stereocenters. The highest BCUT2D eigenvalue weighted by atomic mass is 19.4. The number of carboxylic acid groups (broad SMARTS) is 2. The molecule has 226 valence electrons. The van der Waals surface area contributed by atoms with Crippen molar-refractivity contribution in [2.45, 2.75) is 63.4 Å². The van der Waals surface area contributed by atoms with Gasteiger partial charge in [0.05, 0.1) is 12.7 Å². The maximum absolute atomic E-state index is 12.5. The fraction of sp³-hybridized carbons (Fsp3) is 0.680. The minimum Gasteiger partial charge on any atom is -0.475 e. The topological polar surface area (TPSA) is 120 Å². The lowest BCUT2D eigenvalue weighted by molar-refractivity contribution is -0.193. The highest BCUT2D eigenvalue weighted by Gasteiger charge is 2.43. The molecule has 0 aromatic carbocycles. The summed E-state index contributed by atoms with van der Waals surface area (Å²) in [5.41, 5.74) is 1.47. The van der Waals surface area contributed by atoms with Gasteiger partial charge in [-0.3, -0.25) is 9.78 Å². The van der Waals surface area contributed by atoms with E-state index >= 15 is 0 Å². The number of nitrogens with zero attached hydrogens (tertiary/aromatic N) is 3. The molecular weight excluding hydrogens is 552 g/mol. The number of carbonyl (C=O) groups is 3. The van der Waals surface area contributed by atoms with Crippen molar-refractivity contribution in [1.29, 1.82) is 0 Å². The Morgan fingerprint density at radius 3 is 2.00 bits per heavy atom. The molecule has 3 aliphatic rings. The number of amides is 1. The molecule has 2 N–H and O–H groups in total. The summed E-state index contributed by atoms with van der Waals surface area (Å²) >= 11 is 0. The van der Waals surface area contributed by atoms with E-state index in [9.17, 15) is 31.1 Å². The van der Waals surface area contributed by atoms with E-state index in [1.54, 1.807) is 6.20 Å². The molecule has 15 heteroatoms. The van der Waals surface area contributed by atoms with Crippen LogP contribution in [-0.2, 0) is 25.5 Å². The normalized spacial score (nSPS) is 20.8. The highest BCUT2D eigenvalue weighted by molar-refractivity contribution is 5.76. The van der Waals surface area contributed by atoms with E-state index in [2.05, 4.69) is 14.8 Å². The number of likely N-dealkylation sites (tertiary alicyclic amines) is 2. The second-order valence-electron chi connectivity index (χ2n) is 9.99. The third-order valence-corrected chi connectivity index (χ3v) is 6.96. The quantitative estimate of drug-likeness (QED) is 0.502. The average Bonchev–Trinajstić information content (AvgIpc) is 3.54. The molecule has 1 aromatic heterocycles. The van der Waals surface area contributed by atoms with Crippen molar-refractivity contribution in [3.8, 4) is 0 Å². The first kappa shape index (κ1) is 33.3. The number of carboxylic acids is 2. The molecule has 0 saturated carbocycles. The highest BCUT2D eigenvalue weighted by Crippen LogP contribution is 2.42. The number of rotatable bonds is 5. The van der Waals surface area contributed by atoms with Crippen LogP contribution in [-0.4, -0.2) is 101 Å². The van der Waals surface area contributed by atoms with Gasteiger partial charge in [0.15, 0.2) is 0 Å². The van der Waals surface area contributed by atoms with Crippen LogP contribution in [0.15, 0.2) is 24.5 Å². The number of carbonyl (C=O) groups excluding carboxylic acids is 1. The van der Waals surface area contributed by atoms with E-state index in [0.717, 1.165) is 51.1 Å². The Morgan fingerprint density at radius 2 is 1.52 bits per heavy atom. The molecule has 9 nitrogen and oxygen atoms in total. The summed E-state index contributed by atoms with van der Waals surface area (Å²) in [5, 5.41) is 14.2. The molecule has 0 aliphatic carbocycles. The van der Waals surface area contributed by atoms with Crippen LogP contribution in [0.2, 0.25) is 0 Å². The van der Waals surface area contributed by atoms with Crippen molar-refractivity contribution in [1.82, 2.24) is 14.8 Å². The number of hydrogen-bond acceptors (Lipinski definition) is 6. The van der Waals surface area contributed by atoms with Crippen molar-refractivity contribution < 1.29 is 55.7 Å². The van der Waals surface area contributed by atoms with Gasteiger partial charge in [0.2, 0.25) is 5.91 Å². The van der Waals surface area contributed by atoms with Gasteiger partial charge in [-0.05, 0) is 68.7 Å². The van der Waals surface area contributed by atoms with Gasteiger partial charge in [0.1, 0.15) is 0 Å². The molecule has 1 unspecified atom stereocenters. The molecule has 4 rings (SSSR count). The average molecular weight is 586 g/mol. The van der Waals surface area contributed by atoms with E-state index in [-0.39, 0.29) is 5.91 Å². The van der Waals surface area contributed by atoms with E-state index in [0.29, 0.717) is 17.9 Å². The number of piperidine rings is 1. The van der Waals surface area contributed by atoms with Crippen molar-refractivity contribution in [2.24, 2.45) is 5.41 Å². The van der Waals surface area contributed by atoms with Crippen molar-refractivity contribution in [3.05, 3.63) is 30.1 Å². The van der Waals surface area contributed by atoms with Crippen molar-refractivity contribution >= 4 is 17.8 Å². The van der Waals surface area contributed by atoms with Gasteiger partial charge in [-0.2, -0.15) is 26.3 Å². The van der Waals surface area contributed by atoms with Crippen LogP contribution in [0.5, 0.6) is 0 Å². The lowest BCUT2D eigenvalue weighted by atomic mass is 9.76. The lowest BCUT2D eigenvalue weighted by Gasteiger charge is -2.38. The van der Waals surface area contributed by atoms with Crippen LogP contribution in [0.25, 0.3) is 0 Å². The van der Waals surface area contributed by atoms with Gasteiger partial charge in [-0.1, -0.05) is 6.07 Å². The predicted octanol–water partition coefficient (Wildman–Crippen LogP) is 3.77. The first-order chi connectivity index (χ1) is 18.6. The second kappa shape index (κ2) is 14.6. The fourth-order valence-corrected chi connectivity index (χ4v) is 4.80. The number of aliphatic carboxylic acids is 2. The third-order valence-electron chi connectivity index (χ3n) is 6.96. The van der Waals surface area contributed by atoms with Crippen LogP contribution in [0.4, 0.5) is 26.3 Å². The minimum atomic E-state index is -5.08. The summed E-state index contributed by atoms with van der Waals surface area (Å²) in [6.45, 7) is 6.27. The van der Waals surface area contributed by atoms with Gasteiger partial charge in [0.25, 0.3) is 0 Å². The Hall–Kier alpha value is -2.94. The Bertz CT molecular complexity index is 938. The number of halogens is 6. The number of pyridine rings is 1. The largest absolute Gasteiger partial charge is 0.490 e. The predicted molar refractivity (Wildman–Crippen MR) is 128 cm³/mol. The van der Waals surface area contributed by atoms with E-state index in [4.69, 9.17) is 24.5 Å². The number of alkyl halides is 6. The van der Waals surface area contributed by atoms with E-state index < -0.39 is 24.3 Å². The summed E-state index contributed by atoms with van der Waals surface area (Å²) < 4.78 is 69.6. The number of aromatic nitrogens is 1. The van der Waals surface area contributed by atoms with Gasteiger partial charge < -0.3 is 24.7 Å². The monoisotopic (exact) mass is 585 g/mol. The number of ether oxygens (including phenoxy) is 1. The zero-order valence-electron chi connectivity index (χ0n) is 21.7. The maximum Gasteiger partial charge on any atom is 0.490 e. The Kier molecular flexibility index (Phi) is 12.2. The van der Waals surface area contributed by atoms with Gasteiger partial charge in [0, 0.05) is 38.4 Å². The second-order valence-corrected chi connectivity index (χ2v) is 9.99. The molecule has 1 aromatic rings. The molecule has 3 fully saturated rings. The van der Waals surface area contributed by atoms with E-state index in [1.807, 2.05) is 18.3 Å². The SMILES string of the molecule is O=C(CCc1cccnc1)N1CCC2(CC1)COC(CN1CCCC1)C2.O=C(O)C(F)(F)F.O=C(O)C(F)(F)F. The molecule has 1 spiro atoms. The van der Waals surface area contributed by atoms with Crippen LogP contribution in [0.3, 0.4) is 0 Å². The Labute approximate surface area is 227 Å². The summed E-state index contributed by atoms with van der Waals surface area (Å²) in [6.07, 6.45) is 1.31. The van der Waals surface area contributed by atoms with Crippen LogP contribution in [0.1, 0.15) is 44.1 Å². The first-order valence-electron chi connectivity index (χ1n) is 12.7. The molecule has 1 amide bonds. The lowest BCUT2D eigenvalue weighted by Crippen LogP contribution is -2.43. The maximum atomic E-state index is 12.5. The number of aryl methyl sites for hydroxylation is 1. The van der Waals surface area contributed by atoms with Gasteiger partial charge in [-0.15, -0.1) is 0 Å². The summed E-state index contributed by atoms with van der Waals surface area (Å²) in [7, 11) is 0. The van der Waals surface area contributed by atoms with Crippen LogP contribution >= 0.6 is 0 Å². The third kappa shape index (κ3) is 11.3. The smallest absolute Gasteiger partial charge is 0.475 e. The minimum absolute atomic E-state index is 0.288. The van der Waals surface area contributed by atoms with Crippen molar-refractivity contribution in [2.75, 3.05) is 39.3 Å². The molecule has 3 aliphatic heterocycles. The summed E-state index contributed by atoms with van der Waals surface area (Å²) in [6, 6.07) is 3.98.